The summed E-state index contributed by atoms with van der Waals surface area (Å²) in [4.78, 5) is 0. The zero-order valence-electron chi connectivity index (χ0n) is 5.18. The van der Waals surface area contributed by atoms with Crippen molar-refractivity contribution >= 4 is 0 Å². The van der Waals surface area contributed by atoms with Crippen LogP contribution in [0.2, 0.25) is 0 Å². The van der Waals surface area contributed by atoms with Crippen LogP contribution in [0, 0.1) is 0 Å². The Morgan fingerprint density at radius 3 is 0.833 bits per heavy atom. The van der Waals surface area contributed by atoms with Gasteiger partial charge in [-0.25, -0.2) is 8.78 Å². The molecule has 0 nitrogen and oxygen atoms in total. The van der Waals surface area contributed by atoms with Gasteiger partial charge in [0.25, 0.3) is 0 Å². The van der Waals surface area contributed by atoms with E-state index in [1.54, 1.807) is 0 Å². The van der Waals surface area contributed by atoms with E-state index in [-0.39, 0.29) is 0 Å². The van der Waals surface area contributed by atoms with Crippen LogP contribution in [-0.4, -0.2) is 24.7 Å². The van der Waals surface area contributed by atoms with E-state index in [1.807, 2.05) is 0 Å². The molecule has 2 atom stereocenters. The molecule has 0 aliphatic rings. The molecule has 0 aliphatic heterocycles. The van der Waals surface area contributed by atoms with Gasteiger partial charge in [0.2, 0.25) is 12.3 Å². The second-order valence-electron chi connectivity index (χ2n) is 1.89. The normalized spacial score (nSPS) is 19.0. The van der Waals surface area contributed by atoms with Crippen molar-refractivity contribution in [1.82, 2.24) is 0 Å². The minimum absolute atomic E-state index is 4.52. The summed E-state index contributed by atoms with van der Waals surface area (Å²) in [5.41, 5.74) is 0. The minimum Gasteiger partial charge on any atom is -0.234 e. The predicted molar refractivity (Wildman–Crippen MR) is 21.9 cm³/mol. The molecule has 0 N–H and O–H groups in total. The molecule has 1 unspecified atom stereocenters. The Hall–Kier alpha value is -0.560. The summed E-state index contributed by atoms with van der Waals surface area (Å²) in [6, 6.07) is 0. The van der Waals surface area contributed by atoms with Crippen LogP contribution in [-0.2, 0) is 0 Å². The highest BCUT2D eigenvalue weighted by atomic mass is 19.4. The molecule has 0 rings (SSSR count). The SMILES string of the molecule is FC([C@@H](F)C(F)(F)F)C(F)(F)F. The quantitative estimate of drug-likeness (QED) is 0.573. The van der Waals surface area contributed by atoms with Crippen LogP contribution in [0.3, 0.4) is 0 Å². The predicted octanol–water partition coefficient (Wildman–Crippen LogP) is 2.79. The number of hydrogen-bond acceptors (Lipinski definition) is 0. The summed E-state index contributed by atoms with van der Waals surface area (Å²) in [6.07, 6.45) is -20.7. The van der Waals surface area contributed by atoms with E-state index >= 15 is 0 Å². The van der Waals surface area contributed by atoms with Crippen LogP contribution in [0.4, 0.5) is 35.1 Å². The summed E-state index contributed by atoms with van der Waals surface area (Å²) in [5, 5.41) is 0. The lowest BCUT2D eigenvalue weighted by molar-refractivity contribution is -0.258. The Morgan fingerprint density at radius 1 is 0.583 bits per heavy atom. The Morgan fingerprint density at radius 2 is 0.750 bits per heavy atom. The van der Waals surface area contributed by atoms with Crippen molar-refractivity contribution in [1.29, 1.82) is 0 Å². The van der Waals surface area contributed by atoms with Crippen LogP contribution in [0.5, 0.6) is 0 Å². The van der Waals surface area contributed by atoms with E-state index < -0.39 is 24.7 Å². The molecular formula is C4H2F8. The van der Waals surface area contributed by atoms with Gasteiger partial charge < -0.3 is 0 Å². The zero-order chi connectivity index (χ0) is 10.2. The van der Waals surface area contributed by atoms with Gasteiger partial charge in [-0.15, -0.1) is 0 Å². The van der Waals surface area contributed by atoms with E-state index in [9.17, 15) is 35.1 Å². The first-order valence-electron chi connectivity index (χ1n) is 2.48. The number of rotatable bonds is 1. The molecule has 0 saturated heterocycles. The molecule has 0 heterocycles. The first-order valence-corrected chi connectivity index (χ1v) is 2.48. The first-order chi connectivity index (χ1) is 5.07. The molecule has 0 aliphatic carbocycles. The molecule has 8 heteroatoms. The third-order valence-corrected chi connectivity index (χ3v) is 0.882. The van der Waals surface area contributed by atoms with Crippen LogP contribution in [0.1, 0.15) is 0 Å². The second kappa shape index (κ2) is 3.06. The lowest BCUT2D eigenvalue weighted by atomic mass is 10.2. The molecule has 74 valence electrons. The third kappa shape index (κ3) is 2.82. The third-order valence-electron chi connectivity index (χ3n) is 0.882. The van der Waals surface area contributed by atoms with Crippen LogP contribution in [0.15, 0.2) is 0 Å². The molecule has 0 bridgehead atoms. The van der Waals surface area contributed by atoms with Gasteiger partial charge in [0.15, 0.2) is 0 Å². The zero-order valence-corrected chi connectivity index (χ0v) is 5.18. The summed E-state index contributed by atoms with van der Waals surface area (Å²) in [7, 11) is 0. The van der Waals surface area contributed by atoms with E-state index in [4.69, 9.17) is 0 Å². The molecule has 0 amide bonds. The number of alkyl halides is 8. The van der Waals surface area contributed by atoms with Crippen LogP contribution < -0.4 is 0 Å². The fourth-order valence-electron chi connectivity index (χ4n) is 0.332. The largest absolute Gasteiger partial charge is 0.422 e. The van der Waals surface area contributed by atoms with Gasteiger partial charge in [-0.3, -0.25) is 0 Å². The molecule has 0 fully saturated rings. The Balaban J connectivity index is 4.41. The highest BCUT2D eigenvalue weighted by Gasteiger charge is 2.56. The van der Waals surface area contributed by atoms with Gasteiger partial charge >= 0.3 is 12.4 Å². The Kier molecular flexibility index (Phi) is 2.92. The number of hydrogen-bond donors (Lipinski definition) is 0. The van der Waals surface area contributed by atoms with Crippen LogP contribution >= 0.6 is 0 Å². The summed E-state index contributed by atoms with van der Waals surface area (Å²) in [6.45, 7) is 0. The van der Waals surface area contributed by atoms with E-state index in [0.29, 0.717) is 0 Å². The van der Waals surface area contributed by atoms with E-state index in [1.165, 1.54) is 0 Å². The maximum atomic E-state index is 11.6. The molecular weight excluding hydrogens is 200 g/mol. The topological polar surface area (TPSA) is 0 Å². The average Bonchev–Trinajstić information content (AvgIpc) is 1.80. The maximum Gasteiger partial charge on any atom is 0.422 e. The molecule has 0 radical (unpaired) electrons. The van der Waals surface area contributed by atoms with Gasteiger partial charge in [-0.05, 0) is 0 Å². The van der Waals surface area contributed by atoms with Crippen molar-refractivity contribution in [2.75, 3.05) is 0 Å². The summed E-state index contributed by atoms with van der Waals surface area (Å²) in [5.74, 6) is 0. The highest BCUT2D eigenvalue weighted by molar-refractivity contribution is 4.80. The van der Waals surface area contributed by atoms with Gasteiger partial charge in [-0.2, -0.15) is 26.3 Å². The highest BCUT2D eigenvalue weighted by Crippen LogP contribution is 2.35. The van der Waals surface area contributed by atoms with Crippen molar-refractivity contribution < 1.29 is 35.1 Å². The fraction of sp³-hybridized carbons (Fsp3) is 1.00. The second-order valence-corrected chi connectivity index (χ2v) is 1.89. The van der Waals surface area contributed by atoms with Gasteiger partial charge in [0, 0.05) is 0 Å². The molecule has 12 heavy (non-hydrogen) atoms. The van der Waals surface area contributed by atoms with Gasteiger partial charge in [-0.1, -0.05) is 0 Å². The summed E-state index contributed by atoms with van der Waals surface area (Å²) < 4.78 is 89.8. The smallest absolute Gasteiger partial charge is 0.234 e. The fourth-order valence-corrected chi connectivity index (χ4v) is 0.332. The van der Waals surface area contributed by atoms with Crippen molar-refractivity contribution in [3.05, 3.63) is 0 Å². The lowest BCUT2D eigenvalue weighted by Crippen LogP contribution is -2.42. The number of halogens is 8. The monoisotopic (exact) mass is 202 g/mol. The van der Waals surface area contributed by atoms with Crippen molar-refractivity contribution in [3.8, 4) is 0 Å². The summed E-state index contributed by atoms with van der Waals surface area (Å²) >= 11 is 0. The van der Waals surface area contributed by atoms with E-state index in [0.717, 1.165) is 0 Å². The van der Waals surface area contributed by atoms with Crippen molar-refractivity contribution in [2.24, 2.45) is 0 Å². The molecule has 0 saturated carbocycles. The van der Waals surface area contributed by atoms with Gasteiger partial charge in [0.1, 0.15) is 0 Å². The molecule has 0 aromatic heterocycles. The van der Waals surface area contributed by atoms with Gasteiger partial charge in [0.05, 0.1) is 0 Å². The molecule has 0 aromatic rings. The van der Waals surface area contributed by atoms with Crippen molar-refractivity contribution in [3.63, 3.8) is 0 Å². The molecule has 0 aromatic carbocycles. The standard InChI is InChI=1S/C4H2F8/c5-1(3(7,8)9)2(6)4(10,11)12/h1-2H/t1-,2?/m1/s1. The first kappa shape index (κ1) is 11.4. The molecule has 0 spiro atoms. The van der Waals surface area contributed by atoms with Crippen LogP contribution in [0.25, 0.3) is 0 Å². The Bertz CT molecular complexity index is 124. The maximum absolute atomic E-state index is 11.6. The lowest BCUT2D eigenvalue weighted by Gasteiger charge is -2.18. The van der Waals surface area contributed by atoms with Crippen molar-refractivity contribution in [2.45, 2.75) is 24.7 Å². The van der Waals surface area contributed by atoms with E-state index in [2.05, 4.69) is 0 Å². The Labute approximate surface area is 61.2 Å². The average molecular weight is 202 g/mol. The minimum atomic E-state index is -5.82.